The molecule has 0 aliphatic heterocycles. The van der Waals surface area contributed by atoms with Crippen LogP contribution in [-0.4, -0.2) is 113 Å². The van der Waals surface area contributed by atoms with Gasteiger partial charge in [-0.25, -0.2) is 0 Å². The maximum absolute atomic E-state index is 2.18. The molecular weight excluding hydrogens is 395 g/mol. The molecule has 0 aliphatic carbocycles. The minimum Gasteiger partial charge on any atom is -1.00 e. The van der Waals surface area contributed by atoms with Gasteiger partial charge in [0.2, 0.25) is 0 Å². The molecule has 0 fully saturated rings. The molecule has 0 heterocycles. The number of hydrogen-bond acceptors (Lipinski definition) is 6. The minimum absolute atomic E-state index is 0. The molecule has 0 spiro atoms. The van der Waals surface area contributed by atoms with E-state index in [1.165, 1.54) is 0 Å². The van der Waals surface area contributed by atoms with Crippen molar-refractivity contribution in [3.8, 4) is 0 Å². The summed E-state index contributed by atoms with van der Waals surface area (Å²) in [7, 11) is 16.7. The Kier molecular flexibility index (Phi) is 59.9. The zero-order valence-electron chi connectivity index (χ0n) is 14.5. The molecule has 9 heteroatoms. The van der Waals surface area contributed by atoms with Crippen LogP contribution in [0.4, 0.5) is 0 Å². The second-order valence-electron chi connectivity index (χ2n) is 5.21. The van der Waals surface area contributed by atoms with Crippen LogP contribution in [0.5, 0.6) is 0 Å². The average Bonchev–Trinajstić information content (AvgIpc) is 2.12. The van der Waals surface area contributed by atoms with Crippen molar-refractivity contribution in [2.24, 2.45) is 0 Å². The van der Waals surface area contributed by atoms with E-state index in [1.807, 2.05) is 0 Å². The predicted molar refractivity (Wildman–Crippen MR) is 78.1 cm³/mol. The van der Waals surface area contributed by atoms with Crippen LogP contribution in [0.2, 0.25) is 0 Å². The topological polar surface area (TPSA) is 73.0 Å². The van der Waals surface area contributed by atoms with Gasteiger partial charge in [-0.1, -0.05) is 0 Å². The normalized spacial score (nSPS) is 8.57. The summed E-state index contributed by atoms with van der Waals surface area (Å²) < 4.78 is 0. The van der Waals surface area contributed by atoms with E-state index in [4.69, 9.17) is 0 Å². The zero-order chi connectivity index (χ0) is 13.1. The fraction of sp³-hybridized carbons (Fsp3) is 1.00. The largest absolute Gasteiger partial charge is 2.00 e. The minimum atomic E-state index is 0. The summed E-state index contributed by atoms with van der Waals surface area (Å²) in [5.41, 5.74) is 0. The number of hydrogen-bond donors (Lipinski definition) is 0. The van der Waals surface area contributed by atoms with Crippen molar-refractivity contribution in [2.75, 3.05) is 82.6 Å². The summed E-state index contributed by atoms with van der Waals surface area (Å²) in [5, 5.41) is 0. The molecule has 2 radical (unpaired) electrons. The van der Waals surface area contributed by atoms with Crippen molar-refractivity contribution in [1.29, 1.82) is 0 Å². The SMILES string of the molecule is CN(C)CCN(C)C.CN(C)CCN(C)C.[Cl-].[Cu+2].[Cu+2].[OH-].[OH-]. The molecule has 21 heavy (non-hydrogen) atoms. The van der Waals surface area contributed by atoms with Crippen LogP contribution in [0.3, 0.4) is 0 Å². The first-order chi connectivity index (χ1) is 7.25. The first kappa shape index (κ1) is 43.1. The van der Waals surface area contributed by atoms with Crippen molar-refractivity contribution in [1.82, 2.24) is 19.6 Å². The molecule has 0 aliphatic rings. The Morgan fingerprint density at radius 3 is 0.571 bits per heavy atom. The van der Waals surface area contributed by atoms with Crippen LogP contribution in [0.15, 0.2) is 0 Å². The van der Waals surface area contributed by atoms with Gasteiger partial charge in [-0.05, 0) is 56.4 Å². The van der Waals surface area contributed by atoms with E-state index in [0.29, 0.717) is 0 Å². The maximum atomic E-state index is 2.18. The van der Waals surface area contributed by atoms with Gasteiger partial charge in [0.15, 0.2) is 0 Å². The summed E-state index contributed by atoms with van der Waals surface area (Å²) in [6.07, 6.45) is 0. The Bertz CT molecular complexity index is 125. The van der Waals surface area contributed by atoms with Gasteiger partial charge in [-0.15, -0.1) is 0 Å². The van der Waals surface area contributed by atoms with Crippen LogP contribution in [-0.2, 0) is 34.1 Å². The van der Waals surface area contributed by atoms with Gasteiger partial charge in [0, 0.05) is 26.2 Å². The summed E-state index contributed by atoms with van der Waals surface area (Å²) in [6, 6.07) is 0. The first-order valence-corrected chi connectivity index (χ1v) is 5.84. The quantitative estimate of drug-likeness (QED) is 0.416. The fourth-order valence-corrected chi connectivity index (χ4v) is 0.800. The maximum Gasteiger partial charge on any atom is 2.00 e. The number of nitrogens with zero attached hydrogens (tertiary/aromatic N) is 4. The van der Waals surface area contributed by atoms with Crippen LogP contribution >= 0.6 is 0 Å². The van der Waals surface area contributed by atoms with E-state index in [2.05, 4.69) is 76.0 Å². The van der Waals surface area contributed by atoms with Gasteiger partial charge in [0.25, 0.3) is 0 Å². The summed E-state index contributed by atoms with van der Waals surface area (Å²) >= 11 is 0. The third-order valence-corrected chi connectivity index (χ3v) is 1.99. The fourth-order valence-electron chi connectivity index (χ4n) is 0.800. The number of likely N-dealkylation sites (N-methyl/N-ethyl adjacent to an activating group) is 4. The Morgan fingerprint density at radius 2 is 0.524 bits per heavy atom. The van der Waals surface area contributed by atoms with E-state index >= 15 is 0 Å². The van der Waals surface area contributed by atoms with Crippen molar-refractivity contribution < 1.29 is 57.5 Å². The summed E-state index contributed by atoms with van der Waals surface area (Å²) in [5.74, 6) is 0. The zero-order valence-corrected chi connectivity index (χ0v) is 17.1. The van der Waals surface area contributed by atoms with Crippen LogP contribution in [0, 0.1) is 0 Å². The molecule has 0 aromatic carbocycles. The molecule has 6 nitrogen and oxygen atoms in total. The molecule has 0 saturated carbocycles. The van der Waals surface area contributed by atoms with Crippen LogP contribution in [0.1, 0.15) is 0 Å². The number of rotatable bonds is 6. The molecule has 142 valence electrons. The van der Waals surface area contributed by atoms with Gasteiger partial charge in [-0.2, -0.15) is 0 Å². The molecule has 0 aromatic heterocycles. The Hall–Kier alpha value is 1.09. The predicted octanol–water partition coefficient (Wildman–Crippen LogP) is -3.14. The first-order valence-electron chi connectivity index (χ1n) is 5.84. The standard InChI is InChI=1S/2C6H16N2.ClH.2Cu.2H2O/c2*1-7(2)5-6-8(3)4;;;;;/h2*5-6H2,1-4H3;1H;;;2*1H2/q;;;2*+2;;/p-3. The Labute approximate surface area is 159 Å². The van der Waals surface area contributed by atoms with Crippen molar-refractivity contribution in [2.45, 2.75) is 0 Å². The Morgan fingerprint density at radius 1 is 0.429 bits per heavy atom. The van der Waals surface area contributed by atoms with E-state index < -0.39 is 0 Å². The van der Waals surface area contributed by atoms with E-state index in [-0.39, 0.29) is 57.5 Å². The Balaban J connectivity index is -0.0000000302. The molecule has 0 aromatic rings. The van der Waals surface area contributed by atoms with Crippen molar-refractivity contribution in [3.05, 3.63) is 0 Å². The van der Waals surface area contributed by atoms with E-state index in [9.17, 15) is 0 Å². The molecule has 0 amide bonds. The molecular formula is C12H34ClCu2N4O2+. The van der Waals surface area contributed by atoms with Crippen molar-refractivity contribution in [3.63, 3.8) is 0 Å². The molecule has 0 atom stereocenters. The molecule has 0 bridgehead atoms. The second kappa shape index (κ2) is 29.1. The van der Waals surface area contributed by atoms with Crippen molar-refractivity contribution >= 4 is 0 Å². The second-order valence-corrected chi connectivity index (χ2v) is 5.21. The van der Waals surface area contributed by atoms with E-state index in [1.54, 1.807) is 0 Å². The molecule has 0 unspecified atom stereocenters. The molecule has 0 rings (SSSR count). The van der Waals surface area contributed by atoms with Crippen LogP contribution < -0.4 is 12.4 Å². The summed E-state index contributed by atoms with van der Waals surface area (Å²) in [4.78, 5) is 8.72. The monoisotopic (exact) mass is 427 g/mol. The third kappa shape index (κ3) is 62.5. The van der Waals surface area contributed by atoms with Gasteiger partial charge < -0.3 is 43.0 Å². The summed E-state index contributed by atoms with van der Waals surface area (Å²) in [6.45, 7) is 4.58. The average molecular weight is 429 g/mol. The number of halogens is 1. The van der Waals surface area contributed by atoms with Crippen LogP contribution in [0.25, 0.3) is 0 Å². The molecule has 0 saturated heterocycles. The van der Waals surface area contributed by atoms with E-state index in [0.717, 1.165) is 26.2 Å². The molecule has 2 N–H and O–H groups in total. The van der Waals surface area contributed by atoms with Gasteiger partial charge >= 0.3 is 34.1 Å². The van der Waals surface area contributed by atoms with Gasteiger partial charge in [-0.3, -0.25) is 0 Å². The third-order valence-electron chi connectivity index (χ3n) is 1.99. The smallest absolute Gasteiger partial charge is 1.00 e. The van der Waals surface area contributed by atoms with Gasteiger partial charge in [0.05, 0.1) is 0 Å². The van der Waals surface area contributed by atoms with Gasteiger partial charge in [0.1, 0.15) is 0 Å².